The monoisotopic (exact) mass is 289 g/mol. The van der Waals surface area contributed by atoms with E-state index in [9.17, 15) is 5.11 Å². The Morgan fingerprint density at radius 1 is 1.14 bits per heavy atom. The van der Waals surface area contributed by atoms with Gasteiger partial charge in [0.05, 0.1) is 17.7 Å². The van der Waals surface area contributed by atoms with Gasteiger partial charge in [0, 0.05) is 6.42 Å². The van der Waals surface area contributed by atoms with Gasteiger partial charge in [0.2, 0.25) is 5.89 Å². The Kier molecular flexibility index (Phi) is 3.47. The van der Waals surface area contributed by atoms with Crippen molar-refractivity contribution in [1.82, 2.24) is 4.98 Å². The average molecular weight is 289 g/mol. The zero-order valence-electron chi connectivity index (χ0n) is 11.5. The molecule has 0 saturated heterocycles. The number of aromatic hydroxyl groups is 1. The van der Waals surface area contributed by atoms with E-state index >= 15 is 0 Å². The molecule has 0 radical (unpaired) electrons. The van der Waals surface area contributed by atoms with Gasteiger partial charge in [-0.2, -0.15) is 10.5 Å². The van der Waals surface area contributed by atoms with E-state index in [2.05, 4.69) is 4.98 Å². The van der Waals surface area contributed by atoms with Crippen LogP contribution in [0.2, 0.25) is 0 Å². The van der Waals surface area contributed by atoms with E-state index in [1.54, 1.807) is 36.4 Å². The Hall–Kier alpha value is -3.31. The maximum absolute atomic E-state index is 9.85. The van der Waals surface area contributed by atoms with E-state index in [1.165, 1.54) is 0 Å². The van der Waals surface area contributed by atoms with Crippen molar-refractivity contribution in [3.05, 3.63) is 48.0 Å². The van der Waals surface area contributed by atoms with Gasteiger partial charge in [-0.3, -0.25) is 0 Å². The third-order valence-corrected chi connectivity index (χ3v) is 3.34. The molecule has 0 aliphatic heterocycles. The van der Waals surface area contributed by atoms with Gasteiger partial charge in [0.1, 0.15) is 17.2 Å². The minimum Gasteiger partial charge on any atom is -0.507 e. The average Bonchev–Trinajstić information content (AvgIpc) is 2.96. The van der Waals surface area contributed by atoms with Crippen LogP contribution in [-0.2, 0) is 6.42 Å². The summed E-state index contributed by atoms with van der Waals surface area (Å²) < 4.78 is 5.69. The number of hydrogen-bond donors (Lipinski definition) is 1. The normalized spacial score (nSPS) is 10.5. The maximum Gasteiger partial charge on any atom is 0.231 e. The molecule has 0 unspecified atom stereocenters. The number of phenolic OH excluding ortho intramolecular Hbond substituents is 1. The molecule has 0 spiro atoms. The van der Waals surface area contributed by atoms with E-state index in [0.717, 1.165) is 5.56 Å². The van der Waals surface area contributed by atoms with Crippen LogP contribution in [0.15, 0.2) is 46.9 Å². The van der Waals surface area contributed by atoms with Gasteiger partial charge in [-0.1, -0.05) is 18.2 Å². The number of nitrogens with zero attached hydrogens (tertiary/aromatic N) is 3. The van der Waals surface area contributed by atoms with Gasteiger partial charge in [0.25, 0.3) is 0 Å². The Balaban J connectivity index is 2.00. The second kappa shape index (κ2) is 5.59. The lowest BCUT2D eigenvalue weighted by Crippen LogP contribution is -1.97. The number of rotatable bonds is 3. The minimum atomic E-state index is -0.682. The van der Waals surface area contributed by atoms with Crippen LogP contribution in [0.25, 0.3) is 22.6 Å². The SMILES string of the molecule is N#CC(C#N)Cc1ccc2nc(-c3ccccc3O)oc2c1. The largest absolute Gasteiger partial charge is 0.507 e. The lowest BCUT2D eigenvalue weighted by Gasteiger charge is -1.99. The highest BCUT2D eigenvalue weighted by molar-refractivity contribution is 5.78. The van der Waals surface area contributed by atoms with Crippen LogP contribution in [0.3, 0.4) is 0 Å². The van der Waals surface area contributed by atoms with Crippen LogP contribution in [-0.4, -0.2) is 10.1 Å². The van der Waals surface area contributed by atoms with E-state index in [0.29, 0.717) is 29.0 Å². The summed E-state index contributed by atoms with van der Waals surface area (Å²) in [5.74, 6) is -0.247. The second-order valence-corrected chi connectivity index (χ2v) is 4.85. The van der Waals surface area contributed by atoms with Crippen LogP contribution >= 0.6 is 0 Å². The van der Waals surface area contributed by atoms with Crippen molar-refractivity contribution >= 4 is 11.1 Å². The predicted molar refractivity (Wildman–Crippen MR) is 79.5 cm³/mol. The fourth-order valence-electron chi connectivity index (χ4n) is 2.22. The molecular formula is C17H11N3O2. The molecule has 3 aromatic rings. The molecule has 1 aromatic heterocycles. The molecule has 106 valence electrons. The molecule has 1 heterocycles. The molecule has 5 nitrogen and oxygen atoms in total. The molecule has 5 heteroatoms. The minimum absolute atomic E-state index is 0.100. The van der Waals surface area contributed by atoms with Gasteiger partial charge in [-0.05, 0) is 29.8 Å². The first-order valence-corrected chi connectivity index (χ1v) is 6.68. The number of hydrogen-bond acceptors (Lipinski definition) is 5. The summed E-state index contributed by atoms with van der Waals surface area (Å²) in [6, 6.07) is 16.1. The molecule has 0 bridgehead atoms. The first-order valence-electron chi connectivity index (χ1n) is 6.68. The lowest BCUT2D eigenvalue weighted by molar-refractivity contribution is 0.474. The number of benzene rings is 2. The Bertz CT molecular complexity index is 902. The number of oxazole rings is 1. The molecule has 3 rings (SSSR count). The Labute approximate surface area is 126 Å². The fraction of sp³-hybridized carbons (Fsp3) is 0.118. The van der Waals surface area contributed by atoms with Crippen molar-refractivity contribution in [3.8, 4) is 29.3 Å². The van der Waals surface area contributed by atoms with Gasteiger partial charge < -0.3 is 9.52 Å². The molecule has 0 aliphatic rings. The first-order chi connectivity index (χ1) is 10.7. The highest BCUT2D eigenvalue weighted by Crippen LogP contribution is 2.31. The highest BCUT2D eigenvalue weighted by Gasteiger charge is 2.13. The zero-order valence-corrected chi connectivity index (χ0v) is 11.5. The number of phenols is 1. The summed E-state index contributed by atoms with van der Waals surface area (Å²) in [6.07, 6.45) is 0.343. The first kappa shape index (κ1) is 13.7. The lowest BCUT2D eigenvalue weighted by atomic mass is 10.0. The van der Waals surface area contributed by atoms with Crippen molar-refractivity contribution in [2.75, 3.05) is 0 Å². The third kappa shape index (κ3) is 2.48. The van der Waals surface area contributed by atoms with Crippen LogP contribution in [0.5, 0.6) is 5.75 Å². The van der Waals surface area contributed by atoms with Crippen molar-refractivity contribution < 1.29 is 9.52 Å². The third-order valence-electron chi connectivity index (χ3n) is 3.34. The molecule has 0 atom stereocenters. The number of para-hydroxylation sites is 1. The summed E-state index contributed by atoms with van der Waals surface area (Å²) >= 11 is 0. The smallest absolute Gasteiger partial charge is 0.231 e. The van der Waals surface area contributed by atoms with Gasteiger partial charge in [-0.15, -0.1) is 0 Å². The molecule has 1 N–H and O–H groups in total. The van der Waals surface area contributed by atoms with Gasteiger partial charge >= 0.3 is 0 Å². The van der Waals surface area contributed by atoms with Crippen LogP contribution in [0, 0.1) is 28.6 Å². The molecule has 0 fully saturated rings. The quantitative estimate of drug-likeness (QED) is 0.797. The molecule has 0 aliphatic carbocycles. The predicted octanol–water partition coefficient (Wildman–Crippen LogP) is 3.41. The van der Waals surface area contributed by atoms with Crippen LogP contribution in [0.1, 0.15) is 5.56 Å². The van der Waals surface area contributed by atoms with Gasteiger partial charge in [0.15, 0.2) is 5.58 Å². The van der Waals surface area contributed by atoms with E-state index in [-0.39, 0.29) is 5.75 Å². The Morgan fingerprint density at radius 2 is 1.91 bits per heavy atom. The fourth-order valence-corrected chi connectivity index (χ4v) is 2.22. The number of aromatic nitrogens is 1. The summed E-state index contributed by atoms with van der Waals surface area (Å²) in [5.41, 5.74) is 2.57. The zero-order chi connectivity index (χ0) is 15.5. The topological polar surface area (TPSA) is 93.8 Å². The second-order valence-electron chi connectivity index (χ2n) is 4.85. The van der Waals surface area contributed by atoms with Gasteiger partial charge in [-0.25, -0.2) is 4.98 Å². The summed E-state index contributed by atoms with van der Waals surface area (Å²) in [5, 5.41) is 27.6. The van der Waals surface area contributed by atoms with Crippen LogP contribution < -0.4 is 0 Å². The molecule has 22 heavy (non-hydrogen) atoms. The van der Waals surface area contributed by atoms with E-state index < -0.39 is 5.92 Å². The molecule has 2 aromatic carbocycles. The van der Waals surface area contributed by atoms with Crippen molar-refractivity contribution in [1.29, 1.82) is 10.5 Å². The number of nitriles is 2. The van der Waals surface area contributed by atoms with E-state index in [1.807, 2.05) is 18.2 Å². The maximum atomic E-state index is 9.85. The van der Waals surface area contributed by atoms with Crippen molar-refractivity contribution in [2.24, 2.45) is 5.92 Å². The molecular weight excluding hydrogens is 278 g/mol. The molecule has 0 saturated carbocycles. The summed E-state index contributed by atoms with van der Waals surface area (Å²) in [4.78, 5) is 4.35. The molecule has 0 amide bonds. The van der Waals surface area contributed by atoms with Crippen molar-refractivity contribution in [3.63, 3.8) is 0 Å². The van der Waals surface area contributed by atoms with Crippen LogP contribution in [0.4, 0.5) is 0 Å². The van der Waals surface area contributed by atoms with E-state index in [4.69, 9.17) is 14.9 Å². The standard InChI is InChI=1S/C17H11N3O2/c18-9-12(10-19)7-11-5-6-14-16(8-11)22-17(20-14)13-3-1-2-4-15(13)21/h1-6,8,12,21H,7H2. The summed E-state index contributed by atoms with van der Waals surface area (Å²) in [7, 11) is 0. The number of fused-ring (bicyclic) bond motifs is 1. The van der Waals surface area contributed by atoms with Crippen molar-refractivity contribution in [2.45, 2.75) is 6.42 Å². The summed E-state index contributed by atoms with van der Waals surface area (Å²) in [6.45, 7) is 0. The Morgan fingerprint density at radius 3 is 2.64 bits per heavy atom. The highest BCUT2D eigenvalue weighted by atomic mass is 16.3.